The summed E-state index contributed by atoms with van der Waals surface area (Å²) in [6, 6.07) is 14.3. The molecule has 0 aliphatic carbocycles. The van der Waals surface area contributed by atoms with Crippen LogP contribution in [-0.4, -0.2) is 25.6 Å². The first-order valence-corrected chi connectivity index (χ1v) is 9.06. The maximum Gasteiger partial charge on any atom is 0.435 e. The Bertz CT molecular complexity index is 1250. The molecule has 4 rings (SSSR count). The van der Waals surface area contributed by atoms with Gasteiger partial charge in [0.2, 0.25) is 0 Å². The topological polar surface area (TPSA) is 68.0 Å². The number of carboxylic acids is 1. The molecule has 0 saturated carbocycles. The molecular weight excluding hydrogens is 395 g/mol. The lowest BCUT2D eigenvalue weighted by Gasteiger charge is -2.14. The number of rotatable bonds is 4. The van der Waals surface area contributed by atoms with E-state index in [-0.39, 0.29) is 12.4 Å². The SMILES string of the molecule is Cc1ccc(Cn2c(-c3cccnc3)nc(C(F)(F)F)c2C(=O)O)c2ccccc12. The molecule has 152 valence electrons. The first-order valence-electron chi connectivity index (χ1n) is 9.06. The number of nitrogens with zero attached hydrogens (tertiary/aromatic N) is 3. The molecular formula is C22H16F3N3O2. The Morgan fingerprint density at radius 1 is 1.07 bits per heavy atom. The zero-order valence-electron chi connectivity index (χ0n) is 15.8. The number of aromatic carboxylic acids is 1. The molecule has 2 aromatic carbocycles. The van der Waals surface area contributed by atoms with Gasteiger partial charge in [0.25, 0.3) is 0 Å². The number of halogens is 3. The molecule has 1 N–H and O–H groups in total. The summed E-state index contributed by atoms with van der Waals surface area (Å²) in [7, 11) is 0. The number of benzene rings is 2. The first kappa shape index (κ1) is 19.6. The second-order valence-electron chi connectivity index (χ2n) is 6.85. The molecule has 30 heavy (non-hydrogen) atoms. The monoisotopic (exact) mass is 411 g/mol. The summed E-state index contributed by atoms with van der Waals surface area (Å²) in [6.45, 7) is 1.85. The zero-order chi connectivity index (χ0) is 21.5. The highest BCUT2D eigenvalue weighted by atomic mass is 19.4. The minimum absolute atomic E-state index is 0.0876. The number of aromatic nitrogens is 3. The van der Waals surface area contributed by atoms with Gasteiger partial charge in [-0.2, -0.15) is 13.2 Å². The summed E-state index contributed by atoms with van der Waals surface area (Å²) in [5.74, 6) is -1.79. The second kappa shape index (κ2) is 7.29. The second-order valence-corrected chi connectivity index (χ2v) is 6.85. The van der Waals surface area contributed by atoms with E-state index >= 15 is 0 Å². The van der Waals surface area contributed by atoms with E-state index in [2.05, 4.69) is 9.97 Å². The van der Waals surface area contributed by atoms with Crippen molar-refractivity contribution >= 4 is 16.7 Å². The van der Waals surface area contributed by atoms with Gasteiger partial charge in [0.05, 0.1) is 6.54 Å². The van der Waals surface area contributed by atoms with Crippen molar-refractivity contribution in [2.24, 2.45) is 0 Å². The highest BCUT2D eigenvalue weighted by Gasteiger charge is 2.41. The lowest BCUT2D eigenvalue weighted by Crippen LogP contribution is -2.17. The van der Waals surface area contributed by atoms with Crippen molar-refractivity contribution in [3.05, 3.63) is 83.4 Å². The number of aryl methyl sites for hydroxylation is 1. The van der Waals surface area contributed by atoms with Crippen LogP contribution in [0.3, 0.4) is 0 Å². The molecule has 0 aliphatic rings. The van der Waals surface area contributed by atoms with Crippen LogP contribution in [0, 0.1) is 6.92 Å². The number of carbonyl (C=O) groups is 1. The smallest absolute Gasteiger partial charge is 0.435 e. The molecule has 8 heteroatoms. The molecule has 0 bridgehead atoms. The number of imidazole rings is 1. The Labute approximate surface area is 169 Å². The van der Waals surface area contributed by atoms with E-state index in [0.717, 1.165) is 20.9 Å². The third-order valence-electron chi connectivity index (χ3n) is 4.92. The highest BCUT2D eigenvalue weighted by molar-refractivity contribution is 5.90. The van der Waals surface area contributed by atoms with Crippen LogP contribution in [0.1, 0.15) is 27.3 Å². The summed E-state index contributed by atoms with van der Waals surface area (Å²) in [6.07, 6.45) is -2.07. The number of hydrogen-bond donors (Lipinski definition) is 1. The van der Waals surface area contributed by atoms with Crippen molar-refractivity contribution < 1.29 is 23.1 Å². The van der Waals surface area contributed by atoms with E-state index in [0.29, 0.717) is 11.1 Å². The van der Waals surface area contributed by atoms with Gasteiger partial charge in [-0.1, -0.05) is 36.4 Å². The fourth-order valence-corrected chi connectivity index (χ4v) is 3.56. The molecule has 0 spiro atoms. The Morgan fingerprint density at radius 2 is 1.80 bits per heavy atom. The van der Waals surface area contributed by atoms with E-state index in [1.54, 1.807) is 18.2 Å². The van der Waals surface area contributed by atoms with Crippen LogP contribution >= 0.6 is 0 Å². The molecule has 2 heterocycles. The van der Waals surface area contributed by atoms with E-state index in [4.69, 9.17) is 0 Å². The van der Waals surface area contributed by atoms with Gasteiger partial charge >= 0.3 is 12.1 Å². The average Bonchev–Trinajstić information content (AvgIpc) is 3.11. The maximum atomic E-state index is 13.6. The third kappa shape index (κ3) is 3.41. The van der Waals surface area contributed by atoms with E-state index in [9.17, 15) is 23.1 Å². The Kier molecular flexibility index (Phi) is 4.77. The Balaban J connectivity index is 1.98. The van der Waals surface area contributed by atoms with Gasteiger partial charge in [0.1, 0.15) is 5.82 Å². The summed E-state index contributed by atoms with van der Waals surface area (Å²) < 4.78 is 41.9. The summed E-state index contributed by atoms with van der Waals surface area (Å²) >= 11 is 0. The van der Waals surface area contributed by atoms with Gasteiger partial charge < -0.3 is 9.67 Å². The van der Waals surface area contributed by atoms with Crippen LogP contribution in [0.4, 0.5) is 13.2 Å². The Hall–Kier alpha value is -3.68. The number of hydrogen-bond acceptors (Lipinski definition) is 3. The predicted molar refractivity (Wildman–Crippen MR) is 105 cm³/mol. The van der Waals surface area contributed by atoms with Crippen molar-refractivity contribution in [2.75, 3.05) is 0 Å². The molecule has 0 unspecified atom stereocenters. The van der Waals surface area contributed by atoms with Gasteiger partial charge in [-0.3, -0.25) is 4.98 Å². The standard InChI is InChI=1S/C22H16F3N3O2/c1-13-8-9-15(17-7-3-2-6-16(13)17)12-28-18(21(29)30)19(22(23,24)25)27-20(28)14-5-4-10-26-11-14/h2-11H,12H2,1H3,(H,29,30). The van der Waals surface area contributed by atoms with Crippen molar-refractivity contribution in [1.82, 2.24) is 14.5 Å². The zero-order valence-corrected chi connectivity index (χ0v) is 15.8. The van der Waals surface area contributed by atoms with E-state index in [1.807, 2.05) is 37.3 Å². The lowest BCUT2D eigenvalue weighted by molar-refractivity contribution is -0.141. The fourth-order valence-electron chi connectivity index (χ4n) is 3.56. The molecule has 0 amide bonds. The van der Waals surface area contributed by atoms with Crippen LogP contribution in [0.25, 0.3) is 22.2 Å². The summed E-state index contributed by atoms with van der Waals surface area (Å²) in [5.41, 5.74) is -0.319. The van der Waals surface area contributed by atoms with Gasteiger partial charge in [0.15, 0.2) is 11.4 Å². The molecule has 0 aliphatic heterocycles. The molecule has 0 fully saturated rings. The maximum absolute atomic E-state index is 13.6. The number of carboxylic acid groups (broad SMARTS) is 1. The predicted octanol–water partition coefficient (Wildman–Crippen LogP) is 5.17. The van der Waals surface area contributed by atoms with Crippen LogP contribution in [0.15, 0.2) is 60.9 Å². The van der Waals surface area contributed by atoms with Gasteiger partial charge in [-0.05, 0) is 41.0 Å². The Morgan fingerprint density at radius 3 is 2.43 bits per heavy atom. The van der Waals surface area contributed by atoms with Crippen LogP contribution in [0.2, 0.25) is 0 Å². The molecule has 2 aromatic heterocycles. The molecule has 0 saturated heterocycles. The summed E-state index contributed by atoms with van der Waals surface area (Å²) in [4.78, 5) is 19.5. The summed E-state index contributed by atoms with van der Waals surface area (Å²) in [5, 5.41) is 11.4. The van der Waals surface area contributed by atoms with Crippen molar-refractivity contribution in [2.45, 2.75) is 19.6 Å². The molecule has 4 aromatic rings. The molecule has 5 nitrogen and oxygen atoms in total. The number of fused-ring (bicyclic) bond motifs is 1. The minimum atomic E-state index is -4.91. The van der Waals surface area contributed by atoms with Crippen LogP contribution in [-0.2, 0) is 12.7 Å². The largest absolute Gasteiger partial charge is 0.477 e. The molecule has 0 radical (unpaired) electrons. The van der Waals surface area contributed by atoms with Crippen molar-refractivity contribution in [3.63, 3.8) is 0 Å². The van der Waals surface area contributed by atoms with Gasteiger partial charge in [0, 0.05) is 18.0 Å². The van der Waals surface area contributed by atoms with Crippen molar-refractivity contribution in [1.29, 1.82) is 0 Å². The van der Waals surface area contributed by atoms with Gasteiger partial charge in [-0.25, -0.2) is 9.78 Å². The van der Waals surface area contributed by atoms with Gasteiger partial charge in [-0.15, -0.1) is 0 Å². The van der Waals surface area contributed by atoms with E-state index < -0.39 is 23.5 Å². The lowest BCUT2D eigenvalue weighted by atomic mass is 10.00. The average molecular weight is 411 g/mol. The fraction of sp³-hybridized carbons (Fsp3) is 0.136. The van der Waals surface area contributed by atoms with E-state index in [1.165, 1.54) is 12.4 Å². The number of pyridine rings is 1. The van der Waals surface area contributed by atoms with Crippen LogP contribution in [0.5, 0.6) is 0 Å². The molecule has 0 atom stereocenters. The first-order chi connectivity index (χ1) is 14.3. The normalized spacial score (nSPS) is 11.7. The quantitative estimate of drug-likeness (QED) is 0.503. The number of alkyl halides is 3. The van der Waals surface area contributed by atoms with Crippen molar-refractivity contribution in [3.8, 4) is 11.4 Å². The third-order valence-corrected chi connectivity index (χ3v) is 4.92. The van der Waals surface area contributed by atoms with Crippen LogP contribution < -0.4 is 0 Å². The minimum Gasteiger partial charge on any atom is -0.477 e. The highest BCUT2D eigenvalue weighted by Crippen LogP contribution is 2.35.